The highest BCUT2D eigenvalue weighted by molar-refractivity contribution is 6.30. The minimum Gasteiger partial charge on any atom is -0.493 e. The second-order valence-corrected chi connectivity index (χ2v) is 10.9. The predicted molar refractivity (Wildman–Crippen MR) is 163 cm³/mol. The normalized spacial score (nSPS) is 18.3. The van der Waals surface area contributed by atoms with Gasteiger partial charge in [-0.3, -0.25) is 4.79 Å². The number of amides is 1. The lowest BCUT2D eigenvalue weighted by atomic mass is 9.87. The zero-order chi connectivity index (χ0) is 29.1. The highest BCUT2D eigenvalue weighted by Gasteiger charge is 2.28. The molecular weight excluding hydrogens is 556 g/mol. The molecule has 1 fully saturated rings. The molecule has 9 heteroatoms. The zero-order valence-corrected chi connectivity index (χ0v) is 24.8. The number of carbonyl (C=O) groups is 1. The molecule has 2 atom stereocenters. The molecule has 1 N–H and O–H groups in total. The van der Waals surface area contributed by atoms with E-state index in [0.717, 1.165) is 60.9 Å². The molecule has 8 nitrogen and oxygen atoms in total. The van der Waals surface area contributed by atoms with Crippen molar-refractivity contribution in [2.24, 2.45) is 0 Å². The van der Waals surface area contributed by atoms with Gasteiger partial charge in [0.1, 0.15) is 17.2 Å². The molecule has 0 bridgehead atoms. The molecule has 0 radical (unpaired) electrons. The van der Waals surface area contributed by atoms with Gasteiger partial charge >= 0.3 is 0 Å². The Bertz CT molecular complexity index is 1300. The van der Waals surface area contributed by atoms with Crippen LogP contribution < -0.4 is 24.4 Å². The van der Waals surface area contributed by atoms with Crippen LogP contribution >= 0.6 is 11.6 Å². The maximum atomic E-state index is 12.5. The summed E-state index contributed by atoms with van der Waals surface area (Å²) in [7, 11) is 1.67. The molecule has 3 aromatic carbocycles. The van der Waals surface area contributed by atoms with Gasteiger partial charge in [-0.2, -0.15) is 0 Å². The van der Waals surface area contributed by atoms with Gasteiger partial charge in [-0.25, -0.2) is 0 Å². The minimum atomic E-state index is -0.0356. The lowest BCUT2D eigenvalue weighted by Crippen LogP contribution is -2.41. The molecule has 0 aromatic heterocycles. The number of ether oxygens (including phenoxy) is 5. The fourth-order valence-electron chi connectivity index (χ4n) is 5.35. The van der Waals surface area contributed by atoms with E-state index in [1.807, 2.05) is 54.6 Å². The average Bonchev–Trinajstić information content (AvgIpc) is 3.01. The molecule has 2 aliphatic rings. The monoisotopic (exact) mass is 594 g/mol. The predicted octanol–water partition coefficient (Wildman–Crippen LogP) is 5.61. The van der Waals surface area contributed by atoms with Crippen molar-refractivity contribution in [3.8, 4) is 17.2 Å². The van der Waals surface area contributed by atoms with Crippen molar-refractivity contribution < 1.29 is 28.5 Å². The molecular formula is C33H39ClN2O6. The smallest absolute Gasteiger partial charge is 0.265 e. The molecule has 3 aromatic rings. The van der Waals surface area contributed by atoms with Crippen LogP contribution in [0.15, 0.2) is 66.7 Å². The molecule has 1 saturated heterocycles. The summed E-state index contributed by atoms with van der Waals surface area (Å²) in [6.45, 7) is 4.58. The number of nitrogens with zero attached hydrogens (tertiary/aromatic N) is 1. The van der Waals surface area contributed by atoms with Gasteiger partial charge in [0.25, 0.3) is 5.91 Å². The van der Waals surface area contributed by atoms with Gasteiger partial charge in [0.2, 0.25) is 0 Å². The van der Waals surface area contributed by atoms with E-state index in [9.17, 15) is 4.79 Å². The largest absolute Gasteiger partial charge is 0.493 e. The Morgan fingerprint density at radius 3 is 2.62 bits per heavy atom. The van der Waals surface area contributed by atoms with Crippen LogP contribution in [-0.4, -0.2) is 65.2 Å². The Morgan fingerprint density at radius 1 is 0.976 bits per heavy atom. The van der Waals surface area contributed by atoms with Gasteiger partial charge in [0.05, 0.1) is 31.6 Å². The number of methoxy groups -OCH3 is 1. The molecule has 2 aliphatic heterocycles. The lowest BCUT2D eigenvalue weighted by Gasteiger charge is -2.33. The third-order valence-corrected chi connectivity index (χ3v) is 7.75. The van der Waals surface area contributed by atoms with Crippen molar-refractivity contribution in [2.75, 3.05) is 58.1 Å². The summed E-state index contributed by atoms with van der Waals surface area (Å²) in [6.07, 6.45) is 2.55. The van der Waals surface area contributed by atoms with Crippen molar-refractivity contribution in [2.45, 2.75) is 37.9 Å². The van der Waals surface area contributed by atoms with Gasteiger partial charge < -0.3 is 33.9 Å². The molecule has 2 unspecified atom stereocenters. The third-order valence-electron chi connectivity index (χ3n) is 7.52. The minimum absolute atomic E-state index is 0.0286. The molecule has 0 spiro atoms. The van der Waals surface area contributed by atoms with Crippen molar-refractivity contribution in [1.82, 2.24) is 5.32 Å². The average molecular weight is 595 g/mol. The Labute approximate surface area is 252 Å². The summed E-state index contributed by atoms with van der Waals surface area (Å²) >= 11 is 6.00. The number of benzene rings is 3. The molecule has 2 heterocycles. The van der Waals surface area contributed by atoms with E-state index >= 15 is 0 Å². The van der Waals surface area contributed by atoms with Crippen LogP contribution in [0.4, 0.5) is 5.69 Å². The van der Waals surface area contributed by atoms with E-state index in [2.05, 4.69) is 17.4 Å². The van der Waals surface area contributed by atoms with E-state index in [0.29, 0.717) is 38.0 Å². The molecule has 42 heavy (non-hydrogen) atoms. The van der Waals surface area contributed by atoms with Gasteiger partial charge in [-0.1, -0.05) is 35.9 Å². The van der Waals surface area contributed by atoms with E-state index in [1.165, 1.54) is 5.56 Å². The van der Waals surface area contributed by atoms with E-state index in [1.54, 1.807) is 12.0 Å². The van der Waals surface area contributed by atoms with Gasteiger partial charge in [-0.15, -0.1) is 0 Å². The number of anilines is 1. The molecule has 0 saturated carbocycles. The highest BCUT2D eigenvalue weighted by Crippen LogP contribution is 2.34. The van der Waals surface area contributed by atoms with E-state index in [-0.39, 0.29) is 24.5 Å². The maximum absolute atomic E-state index is 12.5. The summed E-state index contributed by atoms with van der Waals surface area (Å²) in [5.41, 5.74) is 3.05. The number of hydrogen-bond donors (Lipinski definition) is 1. The summed E-state index contributed by atoms with van der Waals surface area (Å²) in [4.78, 5) is 14.3. The van der Waals surface area contributed by atoms with Crippen molar-refractivity contribution in [1.29, 1.82) is 0 Å². The molecule has 1 amide bonds. The fourth-order valence-corrected chi connectivity index (χ4v) is 5.53. The number of hydrogen-bond acceptors (Lipinski definition) is 7. The third kappa shape index (κ3) is 8.16. The van der Waals surface area contributed by atoms with Crippen LogP contribution in [0.5, 0.6) is 17.2 Å². The van der Waals surface area contributed by atoms with Crippen molar-refractivity contribution in [3.05, 3.63) is 82.9 Å². The standard InChI is InChI=1S/C33H39ClN2O6/c1-38-16-3-15-36-30-19-24(7-12-31(30)42-23-33(36)37)22-41-32-21-35-14-13-29(32)25-8-10-27(11-9-25)39-17-4-18-40-28-6-2-5-26(34)20-28/h2,5-12,19-20,29,32,35H,3-4,13-18,21-23H2,1H3. The van der Waals surface area contributed by atoms with E-state index in [4.69, 9.17) is 35.3 Å². The number of halogens is 1. The first kappa shape index (κ1) is 30.2. The lowest BCUT2D eigenvalue weighted by molar-refractivity contribution is -0.121. The number of piperidine rings is 1. The Hall–Kier alpha value is -3.30. The molecule has 224 valence electrons. The second-order valence-electron chi connectivity index (χ2n) is 10.5. The Morgan fingerprint density at radius 2 is 1.81 bits per heavy atom. The zero-order valence-electron chi connectivity index (χ0n) is 24.1. The van der Waals surface area contributed by atoms with Gasteiger partial charge in [0, 0.05) is 44.2 Å². The van der Waals surface area contributed by atoms with Gasteiger partial charge in [0.15, 0.2) is 6.61 Å². The van der Waals surface area contributed by atoms with Gasteiger partial charge in [-0.05, 0) is 73.0 Å². The van der Waals surface area contributed by atoms with Crippen LogP contribution in [0.3, 0.4) is 0 Å². The summed E-state index contributed by atoms with van der Waals surface area (Å²) in [6, 6.07) is 21.7. The van der Waals surface area contributed by atoms with E-state index < -0.39 is 0 Å². The molecule has 0 aliphatic carbocycles. The highest BCUT2D eigenvalue weighted by atomic mass is 35.5. The van der Waals surface area contributed by atoms with Crippen LogP contribution in [0.2, 0.25) is 5.02 Å². The Balaban J connectivity index is 1.13. The SMILES string of the molecule is COCCCN1C(=O)COc2ccc(COC3CNCCC3c3ccc(OCCCOc4cccc(Cl)c4)cc3)cc21. The summed E-state index contributed by atoms with van der Waals surface area (Å²) in [5, 5.41) is 4.14. The quantitative estimate of drug-likeness (QED) is 0.243. The van der Waals surface area contributed by atoms with Crippen LogP contribution in [0, 0.1) is 0 Å². The first-order valence-corrected chi connectivity index (χ1v) is 15.0. The first-order valence-electron chi connectivity index (χ1n) is 14.6. The molecule has 5 rings (SSSR count). The topological polar surface area (TPSA) is 78.5 Å². The number of fused-ring (bicyclic) bond motifs is 1. The number of rotatable bonds is 14. The number of carbonyl (C=O) groups excluding carboxylic acids is 1. The Kier molecular flexibility index (Phi) is 11.0. The fraction of sp³-hybridized carbons (Fsp3) is 0.424. The summed E-state index contributed by atoms with van der Waals surface area (Å²) < 4.78 is 29.0. The van der Waals surface area contributed by atoms with Crippen LogP contribution in [0.1, 0.15) is 36.3 Å². The van der Waals surface area contributed by atoms with Crippen LogP contribution in [0.25, 0.3) is 0 Å². The van der Waals surface area contributed by atoms with Crippen molar-refractivity contribution >= 4 is 23.2 Å². The van der Waals surface area contributed by atoms with Crippen molar-refractivity contribution in [3.63, 3.8) is 0 Å². The first-order chi connectivity index (χ1) is 20.6. The number of nitrogens with one attached hydrogen (secondary N) is 1. The summed E-state index contributed by atoms with van der Waals surface area (Å²) in [5.74, 6) is 2.57. The maximum Gasteiger partial charge on any atom is 0.265 e. The second kappa shape index (κ2) is 15.3. The van der Waals surface area contributed by atoms with Crippen LogP contribution in [-0.2, 0) is 20.9 Å².